The molecule has 0 bridgehead atoms. The van der Waals surface area contributed by atoms with Crippen molar-refractivity contribution in [2.24, 2.45) is 0 Å². The van der Waals surface area contributed by atoms with Gasteiger partial charge in [0.15, 0.2) is 0 Å². The van der Waals surface area contributed by atoms with Gasteiger partial charge < -0.3 is 10.4 Å². The highest BCUT2D eigenvalue weighted by atomic mass is 16.4. The molecule has 5 heteroatoms. The largest absolute Gasteiger partial charge is 0.480 e. The zero-order valence-corrected chi connectivity index (χ0v) is 8.31. The summed E-state index contributed by atoms with van der Waals surface area (Å²) >= 11 is 0. The molecule has 1 aromatic heterocycles. The summed E-state index contributed by atoms with van der Waals surface area (Å²) < 4.78 is 0. The van der Waals surface area contributed by atoms with Gasteiger partial charge in [0.05, 0.1) is 0 Å². The molecule has 1 heterocycles. The molecular weight excluding hydrogens is 194 g/mol. The molecule has 0 spiro atoms. The number of aliphatic carboxylic acids is 1. The maximum Gasteiger partial charge on any atom is 0.329 e. The Morgan fingerprint density at radius 3 is 2.73 bits per heavy atom. The molecule has 5 nitrogen and oxygen atoms in total. The van der Waals surface area contributed by atoms with Gasteiger partial charge in [-0.15, -0.1) is 5.10 Å². The third-order valence-corrected chi connectivity index (χ3v) is 2.81. The first-order valence-corrected chi connectivity index (χ1v) is 5.02. The predicted octanol–water partition coefficient (Wildman–Crippen LogP) is 1.29. The number of carboxylic acid groups (broad SMARTS) is 1. The van der Waals surface area contributed by atoms with Crippen molar-refractivity contribution < 1.29 is 9.90 Å². The van der Waals surface area contributed by atoms with E-state index in [1.807, 2.05) is 0 Å². The van der Waals surface area contributed by atoms with Crippen LogP contribution in [0, 0.1) is 0 Å². The average molecular weight is 207 g/mol. The van der Waals surface area contributed by atoms with E-state index < -0.39 is 11.5 Å². The molecule has 0 radical (unpaired) electrons. The fourth-order valence-electron chi connectivity index (χ4n) is 1.98. The quantitative estimate of drug-likeness (QED) is 0.781. The standard InChI is InChI=1S/C10H13N3O2/c14-9(15)10(5-1-2-6-10)12-8-4-3-7-11-13-8/h3-4,7H,1-2,5-6H2,(H,12,13)(H,14,15). The van der Waals surface area contributed by atoms with Crippen LogP contribution in [-0.4, -0.2) is 26.8 Å². The first kappa shape index (κ1) is 9.89. The van der Waals surface area contributed by atoms with Crippen LogP contribution < -0.4 is 5.32 Å². The SMILES string of the molecule is O=C(O)C1(Nc2cccnn2)CCCC1. The van der Waals surface area contributed by atoms with Crippen LogP contribution in [0.1, 0.15) is 25.7 Å². The summed E-state index contributed by atoms with van der Waals surface area (Å²) in [6.45, 7) is 0. The van der Waals surface area contributed by atoms with Crippen molar-refractivity contribution >= 4 is 11.8 Å². The van der Waals surface area contributed by atoms with Gasteiger partial charge in [-0.3, -0.25) is 0 Å². The third-order valence-electron chi connectivity index (χ3n) is 2.81. The van der Waals surface area contributed by atoms with Gasteiger partial charge in [-0.2, -0.15) is 5.10 Å². The van der Waals surface area contributed by atoms with E-state index in [0.29, 0.717) is 18.7 Å². The second-order valence-electron chi connectivity index (χ2n) is 3.83. The van der Waals surface area contributed by atoms with Gasteiger partial charge in [-0.25, -0.2) is 4.79 Å². The van der Waals surface area contributed by atoms with Gasteiger partial charge in [0.2, 0.25) is 0 Å². The second-order valence-corrected chi connectivity index (χ2v) is 3.83. The van der Waals surface area contributed by atoms with E-state index in [2.05, 4.69) is 15.5 Å². The molecule has 0 saturated heterocycles. The number of nitrogens with one attached hydrogen (secondary N) is 1. The Hall–Kier alpha value is -1.65. The second kappa shape index (κ2) is 3.84. The highest BCUT2D eigenvalue weighted by Crippen LogP contribution is 2.32. The zero-order valence-electron chi connectivity index (χ0n) is 8.31. The molecule has 1 aliphatic rings. The van der Waals surface area contributed by atoms with Crippen LogP contribution in [0.3, 0.4) is 0 Å². The Balaban J connectivity index is 2.18. The molecular formula is C10H13N3O2. The maximum absolute atomic E-state index is 11.2. The van der Waals surface area contributed by atoms with E-state index in [9.17, 15) is 9.90 Å². The summed E-state index contributed by atoms with van der Waals surface area (Å²) in [5, 5.41) is 19.8. The van der Waals surface area contributed by atoms with Crippen LogP contribution in [0.15, 0.2) is 18.3 Å². The summed E-state index contributed by atoms with van der Waals surface area (Å²) in [6, 6.07) is 3.47. The molecule has 2 rings (SSSR count). The summed E-state index contributed by atoms with van der Waals surface area (Å²) in [5.74, 6) is -0.271. The number of carboxylic acids is 1. The van der Waals surface area contributed by atoms with E-state index in [1.165, 1.54) is 0 Å². The molecule has 0 amide bonds. The van der Waals surface area contributed by atoms with Crippen molar-refractivity contribution in [2.75, 3.05) is 5.32 Å². The smallest absolute Gasteiger partial charge is 0.329 e. The lowest BCUT2D eigenvalue weighted by atomic mass is 9.98. The van der Waals surface area contributed by atoms with Gasteiger partial charge in [-0.05, 0) is 25.0 Å². The highest BCUT2D eigenvalue weighted by molar-refractivity contribution is 5.82. The van der Waals surface area contributed by atoms with Gasteiger partial charge >= 0.3 is 5.97 Å². The number of anilines is 1. The minimum atomic E-state index is -0.837. The Morgan fingerprint density at radius 2 is 2.20 bits per heavy atom. The Labute approximate surface area is 87.5 Å². The molecule has 1 saturated carbocycles. The maximum atomic E-state index is 11.2. The van der Waals surface area contributed by atoms with Crippen LogP contribution >= 0.6 is 0 Å². The van der Waals surface area contributed by atoms with Crippen LogP contribution in [0.25, 0.3) is 0 Å². The van der Waals surface area contributed by atoms with Crippen LogP contribution in [0.4, 0.5) is 5.82 Å². The molecule has 0 aromatic carbocycles. The molecule has 1 fully saturated rings. The molecule has 0 aliphatic heterocycles. The van der Waals surface area contributed by atoms with E-state index in [0.717, 1.165) is 12.8 Å². The molecule has 2 N–H and O–H groups in total. The molecule has 0 unspecified atom stereocenters. The summed E-state index contributed by atoms with van der Waals surface area (Å²) in [7, 11) is 0. The molecule has 80 valence electrons. The van der Waals surface area contributed by atoms with Crippen LogP contribution in [0.5, 0.6) is 0 Å². The Kier molecular flexibility index (Phi) is 2.53. The van der Waals surface area contributed by atoms with Crippen LogP contribution in [-0.2, 0) is 4.79 Å². The molecule has 1 aliphatic carbocycles. The van der Waals surface area contributed by atoms with E-state index in [4.69, 9.17) is 0 Å². The Bertz CT molecular complexity index is 347. The van der Waals surface area contributed by atoms with Gasteiger partial charge in [0.1, 0.15) is 11.4 Å². The van der Waals surface area contributed by atoms with Gasteiger partial charge in [-0.1, -0.05) is 12.8 Å². The van der Waals surface area contributed by atoms with Crippen molar-refractivity contribution in [3.8, 4) is 0 Å². The van der Waals surface area contributed by atoms with Crippen molar-refractivity contribution in [3.05, 3.63) is 18.3 Å². The summed E-state index contributed by atoms with van der Waals surface area (Å²) in [4.78, 5) is 11.2. The number of hydrogen-bond acceptors (Lipinski definition) is 4. The molecule has 0 atom stereocenters. The van der Waals surface area contributed by atoms with Crippen molar-refractivity contribution in [1.82, 2.24) is 10.2 Å². The number of carbonyl (C=O) groups is 1. The predicted molar refractivity (Wildman–Crippen MR) is 54.5 cm³/mol. The monoisotopic (exact) mass is 207 g/mol. The summed E-state index contributed by atoms with van der Waals surface area (Å²) in [6.07, 6.45) is 4.75. The third kappa shape index (κ3) is 1.91. The first-order chi connectivity index (χ1) is 7.23. The van der Waals surface area contributed by atoms with Crippen molar-refractivity contribution in [3.63, 3.8) is 0 Å². The average Bonchev–Trinajstić information content (AvgIpc) is 2.69. The van der Waals surface area contributed by atoms with Crippen molar-refractivity contribution in [2.45, 2.75) is 31.2 Å². The minimum absolute atomic E-state index is 0.529. The number of aromatic nitrogens is 2. The minimum Gasteiger partial charge on any atom is -0.480 e. The highest BCUT2D eigenvalue weighted by Gasteiger charge is 2.41. The first-order valence-electron chi connectivity index (χ1n) is 5.02. The topological polar surface area (TPSA) is 75.1 Å². The summed E-state index contributed by atoms with van der Waals surface area (Å²) in [5.41, 5.74) is -0.837. The number of rotatable bonds is 3. The lowest BCUT2D eigenvalue weighted by molar-refractivity contribution is -0.142. The van der Waals surface area contributed by atoms with E-state index >= 15 is 0 Å². The number of hydrogen-bond donors (Lipinski definition) is 2. The molecule has 15 heavy (non-hydrogen) atoms. The van der Waals surface area contributed by atoms with E-state index in [-0.39, 0.29) is 0 Å². The number of nitrogens with zero attached hydrogens (tertiary/aromatic N) is 2. The van der Waals surface area contributed by atoms with Crippen molar-refractivity contribution in [1.29, 1.82) is 0 Å². The Morgan fingerprint density at radius 1 is 1.47 bits per heavy atom. The lowest BCUT2D eigenvalue weighted by Gasteiger charge is -2.25. The fourth-order valence-corrected chi connectivity index (χ4v) is 1.98. The van der Waals surface area contributed by atoms with Crippen LogP contribution in [0.2, 0.25) is 0 Å². The van der Waals surface area contributed by atoms with Gasteiger partial charge in [0.25, 0.3) is 0 Å². The zero-order chi connectivity index (χ0) is 10.7. The molecule has 1 aromatic rings. The van der Waals surface area contributed by atoms with E-state index in [1.54, 1.807) is 18.3 Å². The lowest BCUT2D eigenvalue weighted by Crippen LogP contribution is -2.43. The fraction of sp³-hybridized carbons (Fsp3) is 0.500. The normalized spacial score (nSPS) is 18.7. The van der Waals surface area contributed by atoms with Gasteiger partial charge in [0, 0.05) is 6.20 Å².